The second-order valence-electron chi connectivity index (χ2n) is 3.46. The first-order valence-electron chi connectivity index (χ1n) is 4.48. The standard InChI is InChI=1S/C8H9NO5S2/c10-6-1-7-9(6)2-4(8(11)12)5(15-7)3-16(13)14/h2,5,7H,1,3H2,(H,11,12)(H,13,14)/t5?,7-/m1/s1. The monoisotopic (exact) mass is 263 g/mol. The van der Waals surface area contributed by atoms with Crippen molar-refractivity contribution in [2.75, 3.05) is 5.75 Å². The molecular formula is C8H9NO5S2. The zero-order valence-corrected chi connectivity index (χ0v) is 9.66. The third-order valence-corrected chi connectivity index (χ3v) is 4.72. The Balaban J connectivity index is 2.22. The summed E-state index contributed by atoms with van der Waals surface area (Å²) in [4.78, 5) is 23.4. The first-order chi connectivity index (χ1) is 7.49. The Hall–Kier alpha value is -0.860. The van der Waals surface area contributed by atoms with Gasteiger partial charge in [-0.3, -0.25) is 4.79 Å². The molecule has 2 heterocycles. The molecule has 16 heavy (non-hydrogen) atoms. The summed E-state index contributed by atoms with van der Waals surface area (Å²) in [6, 6.07) is 0. The van der Waals surface area contributed by atoms with Gasteiger partial charge >= 0.3 is 5.97 Å². The number of amides is 1. The molecule has 2 N–H and O–H groups in total. The van der Waals surface area contributed by atoms with E-state index in [1.165, 1.54) is 22.9 Å². The first kappa shape index (κ1) is 11.6. The summed E-state index contributed by atoms with van der Waals surface area (Å²) in [5.41, 5.74) is 0.0108. The number of hydrogen-bond acceptors (Lipinski definition) is 4. The molecule has 2 aliphatic heterocycles. The van der Waals surface area contributed by atoms with Gasteiger partial charge in [0, 0.05) is 6.20 Å². The minimum absolute atomic E-state index is 0.0108. The fourth-order valence-electron chi connectivity index (χ4n) is 1.62. The molecule has 2 rings (SSSR count). The van der Waals surface area contributed by atoms with E-state index in [2.05, 4.69) is 0 Å². The molecule has 1 fully saturated rings. The van der Waals surface area contributed by atoms with E-state index in [1.807, 2.05) is 0 Å². The van der Waals surface area contributed by atoms with Crippen LogP contribution >= 0.6 is 11.8 Å². The van der Waals surface area contributed by atoms with Gasteiger partial charge in [0.1, 0.15) is 0 Å². The van der Waals surface area contributed by atoms with Gasteiger partial charge < -0.3 is 14.6 Å². The molecule has 2 aliphatic rings. The Morgan fingerprint density at radius 3 is 2.88 bits per heavy atom. The molecule has 1 amide bonds. The number of hydrogen-bond donors (Lipinski definition) is 2. The number of thioether (sulfide) groups is 1. The van der Waals surface area contributed by atoms with Crippen LogP contribution in [0.1, 0.15) is 6.42 Å². The fourth-order valence-corrected chi connectivity index (χ4v) is 3.96. The highest BCUT2D eigenvalue weighted by atomic mass is 32.2. The van der Waals surface area contributed by atoms with E-state index in [0.29, 0.717) is 6.42 Å². The number of carbonyl (C=O) groups excluding carboxylic acids is 1. The smallest absolute Gasteiger partial charge is 0.334 e. The molecule has 0 aromatic heterocycles. The molecule has 8 heteroatoms. The van der Waals surface area contributed by atoms with Gasteiger partial charge in [-0.2, -0.15) is 0 Å². The molecule has 0 spiro atoms. The van der Waals surface area contributed by atoms with E-state index >= 15 is 0 Å². The second kappa shape index (κ2) is 4.19. The van der Waals surface area contributed by atoms with Gasteiger partial charge in [0.05, 0.1) is 28.4 Å². The predicted octanol–water partition coefficient (Wildman–Crippen LogP) is -0.150. The number of aliphatic carboxylic acids is 1. The maximum Gasteiger partial charge on any atom is 0.334 e. The molecule has 0 bridgehead atoms. The van der Waals surface area contributed by atoms with Crippen LogP contribution in [0.2, 0.25) is 0 Å². The van der Waals surface area contributed by atoms with Crippen molar-refractivity contribution in [3.63, 3.8) is 0 Å². The number of rotatable bonds is 3. The van der Waals surface area contributed by atoms with Gasteiger partial charge in [0.15, 0.2) is 11.1 Å². The van der Waals surface area contributed by atoms with Gasteiger partial charge in [0.2, 0.25) is 5.91 Å². The van der Waals surface area contributed by atoms with Crippen LogP contribution in [0.25, 0.3) is 0 Å². The molecule has 0 saturated carbocycles. The topological polar surface area (TPSA) is 94.9 Å². The molecular weight excluding hydrogens is 254 g/mol. The molecule has 0 aromatic carbocycles. The van der Waals surface area contributed by atoms with Crippen LogP contribution in [0.3, 0.4) is 0 Å². The maximum absolute atomic E-state index is 11.1. The van der Waals surface area contributed by atoms with Crippen molar-refractivity contribution in [3.8, 4) is 0 Å². The summed E-state index contributed by atoms with van der Waals surface area (Å²) in [6.07, 6.45) is 1.65. The Kier molecular flexibility index (Phi) is 3.04. The summed E-state index contributed by atoms with van der Waals surface area (Å²) in [6.45, 7) is 0. The number of nitrogens with zero attached hydrogens (tertiary/aromatic N) is 1. The van der Waals surface area contributed by atoms with Gasteiger partial charge in [-0.05, 0) is 0 Å². The predicted molar refractivity (Wildman–Crippen MR) is 58.0 cm³/mol. The highest BCUT2D eigenvalue weighted by Gasteiger charge is 2.43. The van der Waals surface area contributed by atoms with E-state index in [0.717, 1.165) is 0 Å². The number of carbonyl (C=O) groups is 2. The van der Waals surface area contributed by atoms with Crippen LogP contribution < -0.4 is 0 Å². The van der Waals surface area contributed by atoms with E-state index in [9.17, 15) is 13.8 Å². The Bertz CT molecular complexity index is 407. The molecule has 0 aromatic rings. The van der Waals surface area contributed by atoms with Crippen LogP contribution in [-0.2, 0) is 20.7 Å². The zero-order chi connectivity index (χ0) is 11.9. The van der Waals surface area contributed by atoms with Crippen molar-refractivity contribution in [1.82, 2.24) is 4.90 Å². The Morgan fingerprint density at radius 2 is 2.38 bits per heavy atom. The third kappa shape index (κ3) is 2.00. The van der Waals surface area contributed by atoms with Crippen LogP contribution in [0.4, 0.5) is 0 Å². The minimum Gasteiger partial charge on any atom is -0.478 e. The Morgan fingerprint density at radius 1 is 1.69 bits per heavy atom. The van der Waals surface area contributed by atoms with Gasteiger partial charge in [-0.25, -0.2) is 9.00 Å². The number of carboxylic acid groups (broad SMARTS) is 1. The molecule has 88 valence electrons. The van der Waals surface area contributed by atoms with Crippen molar-refractivity contribution in [2.45, 2.75) is 17.0 Å². The normalized spacial score (nSPS) is 30.2. The van der Waals surface area contributed by atoms with Crippen molar-refractivity contribution >= 4 is 34.7 Å². The third-order valence-electron chi connectivity index (χ3n) is 2.43. The maximum atomic E-state index is 11.1. The highest BCUT2D eigenvalue weighted by molar-refractivity contribution is 8.01. The molecule has 2 unspecified atom stereocenters. The molecule has 0 radical (unpaired) electrons. The first-order valence-corrected chi connectivity index (χ1v) is 6.70. The van der Waals surface area contributed by atoms with Crippen LogP contribution in [0.15, 0.2) is 11.8 Å². The van der Waals surface area contributed by atoms with Crippen LogP contribution in [0, 0.1) is 0 Å². The van der Waals surface area contributed by atoms with Gasteiger partial charge in [-0.1, -0.05) is 0 Å². The van der Waals surface area contributed by atoms with E-state index in [-0.39, 0.29) is 22.6 Å². The lowest BCUT2D eigenvalue weighted by Crippen LogP contribution is -2.51. The van der Waals surface area contributed by atoms with E-state index in [1.54, 1.807) is 0 Å². The summed E-state index contributed by atoms with van der Waals surface area (Å²) >= 11 is -0.787. The van der Waals surface area contributed by atoms with Crippen molar-refractivity contribution in [1.29, 1.82) is 0 Å². The van der Waals surface area contributed by atoms with E-state index < -0.39 is 22.3 Å². The summed E-state index contributed by atoms with van der Waals surface area (Å²) in [5.74, 6) is -1.39. The lowest BCUT2D eigenvalue weighted by atomic mass is 10.1. The van der Waals surface area contributed by atoms with Crippen molar-refractivity contribution in [3.05, 3.63) is 11.8 Å². The summed E-state index contributed by atoms with van der Waals surface area (Å²) < 4.78 is 19.5. The Labute approximate surface area is 98.0 Å². The molecule has 1 saturated heterocycles. The number of fused-ring (bicyclic) bond motifs is 1. The fraction of sp³-hybridized carbons (Fsp3) is 0.500. The van der Waals surface area contributed by atoms with Crippen LogP contribution in [0.5, 0.6) is 0 Å². The highest BCUT2D eigenvalue weighted by Crippen LogP contribution is 2.40. The van der Waals surface area contributed by atoms with Crippen molar-refractivity contribution < 1.29 is 23.5 Å². The molecule has 0 aliphatic carbocycles. The second-order valence-corrected chi connectivity index (χ2v) is 5.82. The summed E-state index contributed by atoms with van der Waals surface area (Å²) in [7, 11) is 0. The van der Waals surface area contributed by atoms with Crippen molar-refractivity contribution in [2.24, 2.45) is 0 Å². The lowest BCUT2D eigenvalue weighted by Gasteiger charge is -2.43. The molecule has 3 atom stereocenters. The molecule has 6 nitrogen and oxygen atoms in total. The van der Waals surface area contributed by atoms with Crippen LogP contribution in [-0.4, -0.2) is 47.0 Å². The quantitative estimate of drug-likeness (QED) is 0.543. The van der Waals surface area contributed by atoms with Gasteiger partial charge in [0.25, 0.3) is 0 Å². The summed E-state index contributed by atoms with van der Waals surface area (Å²) in [5, 5.41) is 8.33. The average molecular weight is 263 g/mol. The van der Waals surface area contributed by atoms with E-state index in [4.69, 9.17) is 9.66 Å². The van der Waals surface area contributed by atoms with Gasteiger partial charge in [-0.15, -0.1) is 11.8 Å². The average Bonchev–Trinajstić information content (AvgIpc) is 2.15. The number of β-lactam (4-membered cyclic amide) rings is 1. The minimum atomic E-state index is -2.04. The number of carboxylic acids is 1. The SMILES string of the molecule is O=C(O)C1=CN2C(=O)C[C@H]2SC1CS(=O)O. The largest absolute Gasteiger partial charge is 0.478 e. The zero-order valence-electron chi connectivity index (χ0n) is 8.03. The lowest BCUT2D eigenvalue weighted by molar-refractivity contribution is -0.138.